The predicted octanol–water partition coefficient (Wildman–Crippen LogP) is 1.56. The summed E-state index contributed by atoms with van der Waals surface area (Å²) >= 11 is 0. The van der Waals surface area contributed by atoms with Gasteiger partial charge in [-0.2, -0.15) is 0 Å². The maximum Gasteiger partial charge on any atom is 0.339 e. The van der Waals surface area contributed by atoms with Crippen LogP contribution in [0.4, 0.5) is 0 Å². The molecule has 0 unspecified atom stereocenters. The lowest BCUT2D eigenvalue weighted by Crippen LogP contribution is -2.34. The number of furan rings is 1. The largest absolute Gasteiger partial charge is 0.478 e. The molecule has 0 fully saturated rings. The summed E-state index contributed by atoms with van der Waals surface area (Å²) in [6.07, 6.45) is 0.339. The highest BCUT2D eigenvalue weighted by Crippen LogP contribution is 2.16. The SMILES string of the molecule is CCc1oc(C(=O)NCCNS(=O)(=O)c2ccc(C)cc2)cc1C(=O)O. The first-order chi connectivity index (χ1) is 12.2. The number of sulfonamides is 1. The van der Waals surface area contributed by atoms with E-state index in [9.17, 15) is 18.0 Å². The topological polar surface area (TPSA) is 126 Å². The molecule has 9 heteroatoms. The van der Waals surface area contributed by atoms with Crippen molar-refractivity contribution in [1.29, 1.82) is 0 Å². The van der Waals surface area contributed by atoms with Crippen molar-refractivity contribution >= 4 is 21.9 Å². The maximum atomic E-state index is 12.1. The summed E-state index contributed by atoms with van der Waals surface area (Å²) in [4.78, 5) is 23.2. The summed E-state index contributed by atoms with van der Waals surface area (Å²) in [5.41, 5.74) is 0.888. The van der Waals surface area contributed by atoms with Gasteiger partial charge < -0.3 is 14.8 Å². The van der Waals surface area contributed by atoms with Crippen molar-refractivity contribution in [2.45, 2.75) is 25.2 Å². The first-order valence-electron chi connectivity index (χ1n) is 7.95. The number of rotatable bonds is 8. The van der Waals surface area contributed by atoms with Crippen molar-refractivity contribution in [1.82, 2.24) is 10.0 Å². The van der Waals surface area contributed by atoms with Crippen molar-refractivity contribution in [2.24, 2.45) is 0 Å². The molecular formula is C17H20N2O6S. The third-order valence-electron chi connectivity index (χ3n) is 3.62. The third-order valence-corrected chi connectivity index (χ3v) is 5.10. The minimum Gasteiger partial charge on any atom is -0.478 e. The molecule has 0 aliphatic rings. The number of carbonyl (C=O) groups is 2. The number of hydrogen-bond donors (Lipinski definition) is 3. The standard InChI is InChI=1S/C17H20N2O6S/c1-3-14-13(17(21)22)10-15(25-14)16(20)18-8-9-19-26(23,24)12-6-4-11(2)5-7-12/h4-7,10,19H,3,8-9H2,1-2H3,(H,18,20)(H,21,22). The minimum atomic E-state index is -3.66. The monoisotopic (exact) mass is 380 g/mol. The van der Waals surface area contributed by atoms with Gasteiger partial charge >= 0.3 is 5.97 Å². The zero-order valence-electron chi connectivity index (χ0n) is 14.4. The molecule has 1 aromatic carbocycles. The number of aryl methyl sites for hydroxylation is 2. The summed E-state index contributed by atoms with van der Waals surface area (Å²) in [5, 5.41) is 11.5. The average Bonchev–Trinajstić information content (AvgIpc) is 3.04. The fourth-order valence-electron chi connectivity index (χ4n) is 2.23. The molecule has 0 bridgehead atoms. The number of nitrogens with one attached hydrogen (secondary N) is 2. The second-order valence-electron chi connectivity index (χ2n) is 5.57. The number of aromatic carboxylic acids is 1. The van der Waals surface area contributed by atoms with Crippen LogP contribution in [0.15, 0.2) is 39.6 Å². The van der Waals surface area contributed by atoms with Crippen molar-refractivity contribution in [3.63, 3.8) is 0 Å². The Morgan fingerprint density at radius 2 is 1.81 bits per heavy atom. The lowest BCUT2D eigenvalue weighted by molar-refractivity contribution is 0.0694. The Balaban J connectivity index is 1.90. The minimum absolute atomic E-state index is 0.0188. The molecule has 2 rings (SSSR count). The lowest BCUT2D eigenvalue weighted by Gasteiger charge is -2.07. The zero-order valence-corrected chi connectivity index (χ0v) is 15.2. The number of benzene rings is 1. The second kappa shape index (κ2) is 8.15. The normalized spacial score (nSPS) is 11.3. The molecule has 0 saturated carbocycles. The van der Waals surface area contributed by atoms with Crippen LogP contribution in [-0.2, 0) is 16.4 Å². The van der Waals surface area contributed by atoms with Crippen LogP contribution in [0.2, 0.25) is 0 Å². The van der Waals surface area contributed by atoms with Gasteiger partial charge in [0.25, 0.3) is 5.91 Å². The van der Waals surface area contributed by atoms with E-state index < -0.39 is 21.9 Å². The van der Waals surface area contributed by atoms with E-state index in [0.717, 1.165) is 11.6 Å². The van der Waals surface area contributed by atoms with E-state index in [0.29, 0.717) is 6.42 Å². The molecule has 1 heterocycles. The molecule has 0 spiro atoms. The molecule has 1 aromatic heterocycles. The summed E-state index contributed by atoms with van der Waals surface area (Å²) in [6, 6.07) is 7.54. The lowest BCUT2D eigenvalue weighted by atomic mass is 10.2. The first-order valence-corrected chi connectivity index (χ1v) is 9.43. The summed E-state index contributed by atoms with van der Waals surface area (Å²) in [6.45, 7) is 3.57. The van der Waals surface area contributed by atoms with Gasteiger partial charge in [0.2, 0.25) is 10.0 Å². The molecule has 0 aliphatic carbocycles. The van der Waals surface area contributed by atoms with Crippen molar-refractivity contribution in [3.8, 4) is 0 Å². The molecule has 26 heavy (non-hydrogen) atoms. The van der Waals surface area contributed by atoms with Crippen molar-refractivity contribution in [3.05, 3.63) is 53.0 Å². The Kier molecular flexibility index (Phi) is 6.17. The first kappa shape index (κ1) is 19.7. The van der Waals surface area contributed by atoms with E-state index in [2.05, 4.69) is 10.0 Å². The number of carboxylic acids is 1. The highest BCUT2D eigenvalue weighted by Gasteiger charge is 2.20. The highest BCUT2D eigenvalue weighted by atomic mass is 32.2. The van der Waals surface area contributed by atoms with Crippen LogP contribution in [0.25, 0.3) is 0 Å². The van der Waals surface area contributed by atoms with E-state index in [-0.39, 0.29) is 35.1 Å². The molecule has 0 radical (unpaired) electrons. The molecule has 0 atom stereocenters. The quantitative estimate of drug-likeness (QED) is 0.597. The number of carboxylic acid groups (broad SMARTS) is 1. The van der Waals surface area contributed by atoms with Crippen LogP contribution in [0.5, 0.6) is 0 Å². The predicted molar refractivity (Wildman–Crippen MR) is 93.7 cm³/mol. The summed E-state index contributed by atoms with van der Waals surface area (Å²) < 4.78 is 31.8. The fraction of sp³-hybridized carbons (Fsp3) is 0.294. The van der Waals surface area contributed by atoms with Crippen LogP contribution < -0.4 is 10.0 Å². The summed E-state index contributed by atoms with van der Waals surface area (Å²) in [7, 11) is -3.66. The number of carbonyl (C=O) groups excluding carboxylic acids is 1. The van der Waals surface area contributed by atoms with Crippen LogP contribution in [0, 0.1) is 6.92 Å². The van der Waals surface area contributed by atoms with Gasteiger partial charge in [-0.25, -0.2) is 17.9 Å². The van der Waals surface area contributed by atoms with E-state index in [1.807, 2.05) is 6.92 Å². The van der Waals surface area contributed by atoms with Gasteiger partial charge in [0, 0.05) is 25.6 Å². The van der Waals surface area contributed by atoms with Gasteiger partial charge in [-0.15, -0.1) is 0 Å². The highest BCUT2D eigenvalue weighted by molar-refractivity contribution is 7.89. The molecule has 3 N–H and O–H groups in total. The molecule has 0 saturated heterocycles. The van der Waals surface area contributed by atoms with Crippen LogP contribution in [0.1, 0.15) is 39.2 Å². The third kappa shape index (κ3) is 4.70. The number of hydrogen-bond acceptors (Lipinski definition) is 5. The second-order valence-corrected chi connectivity index (χ2v) is 7.34. The van der Waals surface area contributed by atoms with Crippen molar-refractivity contribution < 1.29 is 27.5 Å². The Morgan fingerprint density at radius 1 is 1.15 bits per heavy atom. The van der Waals surface area contributed by atoms with Crippen LogP contribution in [-0.4, -0.2) is 38.5 Å². The van der Waals surface area contributed by atoms with Gasteiger partial charge in [-0.3, -0.25) is 4.79 Å². The molecule has 2 aromatic rings. The Hall–Kier alpha value is -2.65. The Morgan fingerprint density at radius 3 is 2.35 bits per heavy atom. The average molecular weight is 380 g/mol. The Labute approximate surface area is 151 Å². The van der Waals surface area contributed by atoms with Gasteiger partial charge in [0.15, 0.2) is 5.76 Å². The number of amides is 1. The molecule has 140 valence electrons. The van der Waals surface area contributed by atoms with Crippen molar-refractivity contribution in [2.75, 3.05) is 13.1 Å². The molecule has 8 nitrogen and oxygen atoms in total. The van der Waals surface area contributed by atoms with Crippen LogP contribution in [0.3, 0.4) is 0 Å². The van der Waals surface area contributed by atoms with Gasteiger partial charge in [-0.05, 0) is 19.1 Å². The smallest absolute Gasteiger partial charge is 0.339 e. The van der Waals surface area contributed by atoms with E-state index in [1.54, 1.807) is 19.1 Å². The molecule has 1 amide bonds. The maximum absolute atomic E-state index is 12.1. The Bertz CT molecular complexity index is 900. The van der Waals surface area contributed by atoms with E-state index in [1.165, 1.54) is 12.1 Å². The molecule has 0 aliphatic heterocycles. The van der Waals surface area contributed by atoms with E-state index in [4.69, 9.17) is 9.52 Å². The van der Waals surface area contributed by atoms with Gasteiger partial charge in [0.05, 0.1) is 4.90 Å². The van der Waals surface area contributed by atoms with Crippen LogP contribution >= 0.6 is 0 Å². The summed E-state index contributed by atoms with van der Waals surface area (Å²) in [5.74, 6) is -1.69. The van der Waals surface area contributed by atoms with E-state index >= 15 is 0 Å². The fourth-order valence-corrected chi connectivity index (χ4v) is 3.27. The van der Waals surface area contributed by atoms with Gasteiger partial charge in [-0.1, -0.05) is 24.6 Å². The zero-order chi connectivity index (χ0) is 19.3. The molecular weight excluding hydrogens is 360 g/mol. The van der Waals surface area contributed by atoms with Gasteiger partial charge in [0.1, 0.15) is 11.3 Å².